The van der Waals surface area contributed by atoms with Crippen LogP contribution in [-0.4, -0.2) is 20.5 Å². The zero-order valence-electron chi connectivity index (χ0n) is 10.8. The number of aromatic nitrogens is 3. The van der Waals surface area contributed by atoms with Gasteiger partial charge in [0.1, 0.15) is 5.15 Å². The number of alkyl halides is 3. The van der Waals surface area contributed by atoms with Crippen LogP contribution in [0.1, 0.15) is 24.2 Å². The van der Waals surface area contributed by atoms with E-state index in [0.717, 1.165) is 10.7 Å². The fourth-order valence-corrected chi connectivity index (χ4v) is 1.89. The predicted molar refractivity (Wildman–Crippen MR) is 71.9 cm³/mol. The van der Waals surface area contributed by atoms with Crippen molar-refractivity contribution in [3.8, 4) is 0 Å². The van der Waals surface area contributed by atoms with Gasteiger partial charge in [0, 0.05) is 18.0 Å². The topological polar surface area (TPSA) is 69.1 Å². The van der Waals surface area contributed by atoms with E-state index in [-0.39, 0.29) is 0 Å². The molecular formula is C12H11ClF3N5. The van der Waals surface area contributed by atoms with Crippen molar-refractivity contribution in [2.24, 2.45) is 10.9 Å². The molecule has 21 heavy (non-hydrogen) atoms. The van der Waals surface area contributed by atoms with Gasteiger partial charge in [-0.1, -0.05) is 11.6 Å². The third kappa shape index (κ3) is 3.33. The third-order valence-electron chi connectivity index (χ3n) is 2.85. The molecule has 2 heterocycles. The second-order valence-corrected chi connectivity index (χ2v) is 4.63. The highest BCUT2D eigenvalue weighted by atomic mass is 35.5. The average Bonchev–Trinajstić information content (AvgIpc) is 2.91. The fourth-order valence-electron chi connectivity index (χ4n) is 1.78. The standard InChI is InChI=1S/C12H11ClF3N5/c1-7(21-5-4-9(20-21)12(14,15)16)11(19-17)8-2-3-10(13)18-6-8/h2-7H,17H2,1H3. The van der Waals surface area contributed by atoms with Crippen LogP contribution in [0.15, 0.2) is 35.7 Å². The van der Waals surface area contributed by atoms with E-state index in [4.69, 9.17) is 17.4 Å². The number of hydrogen-bond donors (Lipinski definition) is 1. The molecule has 0 aliphatic rings. The van der Waals surface area contributed by atoms with Crippen molar-refractivity contribution in [1.82, 2.24) is 14.8 Å². The lowest BCUT2D eigenvalue weighted by Crippen LogP contribution is -2.21. The van der Waals surface area contributed by atoms with E-state index in [2.05, 4.69) is 15.2 Å². The Morgan fingerprint density at radius 2 is 2.10 bits per heavy atom. The molecule has 0 aliphatic heterocycles. The molecule has 1 atom stereocenters. The normalized spacial score (nSPS) is 14.2. The summed E-state index contributed by atoms with van der Waals surface area (Å²) in [5, 5.41) is 7.42. The van der Waals surface area contributed by atoms with Gasteiger partial charge in [-0.15, -0.1) is 0 Å². The van der Waals surface area contributed by atoms with Crippen LogP contribution in [0.2, 0.25) is 5.15 Å². The summed E-state index contributed by atoms with van der Waals surface area (Å²) < 4.78 is 38.8. The van der Waals surface area contributed by atoms with Crippen molar-refractivity contribution in [2.45, 2.75) is 19.1 Å². The van der Waals surface area contributed by atoms with E-state index >= 15 is 0 Å². The highest BCUT2D eigenvalue weighted by Crippen LogP contribution is 2.28. The van der Waals surface area contributed by atoms with Crippen molar-refractivity contribution in [1.29, 1.82) is 0 Å². The zero-order chi connectivity index (χ0) is 15.6. The number of halogens is 4. The van der Waals surface area contributed by atoms with E-state index in [1.165, 1.54) is 12.4 Å². The molecule has 0 saturated carbocycles. The number of hydrogen-bond acceptors (Lipinski definition) is 4. The Hall–Kier alpha value is -2.09. The summed E-state index contributed by atoms with van der Waals surface area (Å²) in [7, 11) is 0. The maximum atomic E-state index is 12.6. The number of nitrogens with zero attached hydrogens (tertiary/aromatic N) is 4. The molecule has 0 aliphatic carbocycles. The number of nitrogens with two attached hydrogens (primary N) is 1. The average molecular weight is 318 g/mol. The Morgan fingerprint density at radius 3 is 2.57 bits per heavy atom. The van der Waals surface area contributed by atoms with Gasteiger partial charge in [-0.05, 0) is 25.1 Å². The maximum absolute atomic E-state index is 12.6. The summed E-state index contributed by atoms with van der Waals surface area (Å²) in [5.74, 6) is 5.34. The van der Waals surface area contributed by atoms with Crippen molar-refractivity contribution >= 4 is 17.3 Å². The first kappa shape index (κ1) is 15.3. The predicted octanol–water partition coefficient (Wildman–Crippen LogP) is 2.87. The van der Waals surface area contributed by atoms with E-state index in [1.54, 1.807) is 19.1 Å². The SMILES string of the molecule is CC(C(=NN)c1ccc(Cl)nc1)n1ccc(C(F)(F)F)n1. The first-order valence-electron chi connectivity index (χ1n) is 5.85. The molecule has 0 fully saturated rings. The van der Waals surface area contributed by atoms with Gasteiger partial charge in [-0.2, -0.15) is 23.4 Å². The highest BCUT2D eigenvalue weighted by Gasteiger charge is 2.34. The lowest BCUT2D eigenvalue weighted by molar-refractivity contribution is -0.141. The summed E-state index contributed by atoms with van der Waals surface area (Å²) in [5.41, 5.74) is -0.0746. The molecule has 2 aromatic rings. The minimum absolute atomic E-state index is 0.293. The van der Waals surface area contributed by atoms with Gasteiger partial charge >= 0.3 is 6.18 Å². The van der Waals surface area contributed by atoms with E-state index in [0.29, 0.717) is 16.4 Å². The van der Waals surface area contributed by atoms with Gasteiger partial charge in [0.05, 0.1) is 11.8 Å². The van der Waals surface area contributed by atoms with Gasteiger partial charge in [0.15, 0.2) is 5.69 Å². The van der Waals surface area contributed by atoms with Gasteiger partial charge in [0.25, 0.3) is 0 Å². The molecule has 2 rings (SSSR count). The molecule has 5 nitrogen and oxygen atoms in total. The molecule has 0 radical (unpaired) electrons. The van der Waals surface area contributed by atoms with Gasteiger partial charge < -0.3 is 5.84 Å². The number of pyridine rings is 1. The van der Waals surface area contributed by atoms with Crippen molar-refractivity contribution < 1.29 is 13.2 Å². The van der Waals surface area contributed by atoms with Crippen molar-refractivity contribution in [2.75, 3.05) is 0 Å². The maximum Gasteiger partial charge on any atom is 0.435 e. The molecule has 9 heteroatoms. The summed E-state index contributed by atoms with van der Waals surface area (Å²) in [4.78, 5) is 3.89. The lowest BCUT2D eigenvalue weighted by Gasteiger charge is -2.14. The van der Waals surface area contributed by atoms with Crippen LogP contribution in [0.5, 0.6) is 0 Å². The smallest absolute Gasteiger partial charge is 0.323 e. The highest BCUT2D eigenvalue weighted by molar-refractivity contribution is 6.29. The lowest BCUT2D eigenvalue weighted by atomic mass is 10.1. The molecular weight excluding hydrogens is 307 g/mol. The molecule has 112 valence electrons. The third-order valence-corrected chi connectivity index (χ3v) is 3.08. The minimum atomic E-state index is -4.49. The van der Waals surface area contributed by atoms with Crippen LogP contribution in [-0.2, 0) is 6.18 Å². The quantitative estimate of drug-likeness (QED) is 0.409. The number of hydrazone groups is 1. The van der Waals surface area contributed by atoms with Crippen LogP contribution in [0.4, 0.5) is 13.2 Å². The first-order valence-corrected chi connectivity index (χ1v) is 6.22. The summed E-state index contributed by atoms with van der Waals surface area (Å²) in [6, 6.07) is 3.48. The molecule has 2 aromatic heterocycles. The molecule has 1 unspecified atom stereocenters. The van der Waals surface area contributed by atoms with Crippen LogP contribution in [0.25, 0.3) is 0 Å². The zero-order valence-corrected chi connectivity index (χ0v) is 11.6. The van der Waals surface area contributed by atoms with Crippen LogP contribution in [0, 0.1) is 0 Å². The first-order chi connectivity index (χ1) is 9.82. The number of rotatable bonds is 3. The Morgan fingerprint density at radius 1 is 1.38 bits per heavy atom. The van der Waals surface area contributed by atoms with Gasteiger partial charge in [-0.25, -0.2) is 4.98 Å². The van der Waals surface area contributed by atoms with Crippen molar-refractivity contribution in [3.63, 3.8) is 0 Å². The van der Waals surface area contributed by atoms with Crippen molar-refractivity contribution in [3.05, 3.63) is 47.0 Å². The summed E-state index contributed by atoms with van der Waals surface area (Å²) in [6.45, 7) is 1.63. The molecule has 0 aromatic carbocycles. The Kier molecular flexibility index (Phi) is 4.17. The van der Waals surface area contributed by atoms with Crippen LogP contribution in [0.3, 0.4) is 0 Å². The largest absolute Gasteiger partial charge is 0.435 e. The van der Waals surface area contributed by atoms with Crippen LogP contribution >= 0.6 is 11.6 Å². The van der Waals surface area contributed by atoms with E-state index < -0.39 is 17.9 Å². The Bertz CT molecular complexity index is 648. The molecule has 0 spiro atoms. The second-order valence-electron chi connectivity index (χ2n) is 4.24. The van der Waals surface area contributed by atoms with Crippen LogP contribution < -0.4 is 5.84 Å². The summed E-state index contributed by atoms with van der Waals surface area (Å²) in [6.07, 6.45) is -1.83. The van der Waals surface area contributed by atoms with Gasteiger partial charge in [-0.3, -0.25) is 4.68 Å². The van der Waals surface area contributed by atoms with E-state index in [9.17, 15) is 13.2 Å². The molecule has 0 amide bonds. The minimum Gasteiger partial charge on any atom is -0.323 e. The Balaban J connectivity index is 2.31. The Labute approximate surface area is 123 Å². The van der Waals surface area contributed by atoms with E-state index in [1.807, 2.05) is 0 Å². The monoisotopic (exact) mass is 317 g/mol. The van der Waals surface area contributed by atoms with Gasteiger partial charge in [0.2, 0.25) is 0 Å². The molecule has 0 saturated heterocycles. The summed E-state index contributed by atoms with van der Waals surface area (Å²) >= 11 is 5.68. The second kappa shape index (κ2) is 5.72. The molecule has 0 bridgehead atoms. The fraction of sp³-hybridized carbons (Fsp3) is 0.250. The molecule has 2 N–H and O–H groups in total.